The molecule has 0 aliphatic carbocycles. The third-order valence-electron chi connectivity index (χ3n) is 4.07. The number of benzene rings is 3. The fraction of sp³-hybridized carbons (Fsp3) is 0.238. The third kappa shape index (κ3) is 3.69. The molecule has 0 atom stereocenters. The van der Waals surface area contributed by atoms with Gasteiger partial charge >= 0.3 is 0 Å². The summed E-state index contributed by atoms with van der Waals surface area (Å²) in [5.41, 5.74) is 2.36. The molecule has 0 aliphatic rings. The first-order chi connectivity index (χ1) is 11.8. The summed E-state index contributed by atoms with van der Waals surface area (Å²) in [6.07, 6.45) is 0. The average molecular weight is 321 g/mol. The van der Waals surface area contributed by atoms with Gasteiger partial charge in [0.2, 0.25) is 0 Å². The van der Waals surface area contributed by atoms with E-state index in [1.54, 1.807) is 7.11 Å². The lowest BCUT2D eigenvalue weighted by molar-refractivity contribution is 0.285. The molecule has 0 saturated heterocycles. The Kier molecular flexibility index (Phi) is 5.34. The molecule has 0 heterocycles. The summed E-state index contributed by atoms with van der Waals surface area (Å²) >= 11 is 0. The highest BCUT2D eigenvalue weighted by atomic mass is 16.5. The van der Waals surface area contributed by atoms with Crippen molar-refractivity contribution in [2.24, 2.45) is 0 Å². The molecule has 0 saturated carbocycles. The molecular formula is C21H23NO2. The second kappa shape index (κ2) is 7.84. The maximum absolute atomic E-state index is 6.09. The lowest BCUT2D eigenvalue weighted by atomic mass is 10.1. The molecular weight excluding hydrogens is 298 g/mol. The van der Waals surface area contributed by atoms with Crippen molar-refractivity contribution in [2.45, 2.75) is 20.1 Å². The highest BCUT2D eigenvalue weighted by Gasteiger charge is 2.08. The molecule has 0 radical (unpaired) electrons. The van der Waals surface area contributed by atoms with Crippen molar-refractivity contribution < 1.29 is 9.47 Å². The molecule has 0 aromatic heterocycles. The van der Waals surface area contributed by atoms with Gasteiger partial charge in [-0.05, 0) is 40.6 Å². The van der Waals surface area contributed by atoms with Crippen LogP contribution in [0.3, 0.4) is 0 Å². The summed E-state index contributed by atoms with van der Waals surface area (Å²) in [7, 11) is 1.67. The summed E-state index contributed by atoms with van der Waals surface area (Å²) in [4.78, 5) is 0. The third-order valence-corrected chi connectivity index (χ3v) is 4.07. The second-order valence-electron chi connectivity index (χ2n) is 5.69. The number of hydrogen-bond donors (Lipinski definition) is 1. The average Bonchev–Trinajstić information content (AvgIpc) is 2.64. The number of rotatable bonds is 7. The number of nitrogens with one attached hydrogen (secondary N) is 1. The molecule has 0 bridgehead atoms. The molecule has 0 spiro atoms. The van der Waals surface area contributed by atoms with Gasteiger partial charge in [-0.25, -0.2) is 0 Å². The van der Waals surface area contributed by atoms with Gasteiger partial charge in [-0.3, -0.25) is 0 Å². The molecule has 3 rings (SSSR count). The maximum atomic E-state index is 6.09. The lowest BCUT2D eigenvalue weighted by Crippen LogP contribution is -2.11. The standard InChI is InChI=1S/C21H23NO2/c1-3-22-14-16-11-12-20(23-2)21(13-16)24-15-18-9-6-8-17-7-4-5-10-19(17)18/h4-13,22H,3,14-15H2,1-2H3. The summed E-state index contributed by atoms with van der Waals surface area (Å²) in [6.45, 7) is 4.38. The highest BCUT2D eigenvalue weighted by molar-refractivity contribution is 5.85. The molecule has 0 fully saturated rings. The number of methoxy groups -OCH3 is 1. The number of fused-ring (bicyclic) bond motifs is 1. The molecule has 1 N–H and O–H groups in total. The predicted molar refractivity (Wildman–Crippen MR) is 98.7 cm³/mol. The van der Waals surface area contributed by atoms with Crippen LogP contribution in [0.25, 0.3) is 10.8 Å². The van der Waals surface area contributed by atoms with Crippen molar-refractivity contribution >= 4 is 10.8 Å². The van der Waals surface area contributed by atoms with Gasteiger partial charge in [0.05, 0.1) is 7.11 Å². The van der Waals surface area contributed by atoms with E-state index in [4.69, 9.17) is 9.47 Å². The molecule has 0 aliphatic heterocycles. The van der Waals surface area contributed by atoms with E-state index in [1.807, 2.05) is 12.1 Å². The fourth-order valence-corrected chi connectivity index (χ4v) is 2.79. The van der Waals surface area contributed by atoms with E-state index in [0.717, 1.165) is 24.6 Å². The van der Waals surface area contributed by atoms with Crippen LogP contribution in [0.5, 0.6) is 11.5 Å². The minimum Gasteiger partial charge on any atom is -0.493 e. The van der Waals surface area contributed by atoms with Crippen molar-refractivity contribution in [3.63, 3.8) is 0 Å². The normalized spacial score (nSPS) is 10.8. The van der Waals surface area contributed by atoms with Gasteiger partial charge in [0.25, 0.3) is 0 Å². The summed E-state index contributed by atoms with van der Waals surface area (Å²) in [6, 6.07) is 20.7. The van der Waals surface area contributed by atoms with E-state index in [9.17, 15) is 0 Å². The van der Waals surface area contributed by atoms with E-state index in [1.165, 1.54) is 21.9 Å². The van der Waals surface area contributed by atoms with Crippen molar-refractivity contribution in [1.82, 2.24) is 5.32 Å². The van der Waals surface area contributed by atoms with Crippen molar-refractivity contribution in [3.05, 3.63) is 71.8 Å². The first kappa shape index (κ1) is 16.3. The Morgan fingerprint density at radius 1 is 0.917 bits per heavy atom. The molecule has 3 heteroatoms. The molecule has 0 amide bonds. The Hall–Kier alpha value is -2.52. The quantitative estimate of drug-likeness (QED) is 0.693. The van der Waals surface area contributed by atoms with Crippen LogP contribution in [0.2, 0.25) is 0 Å². The predicted octanol–water partition coefficient (Wildman–Crippen LogP) is 4.54. The molecule has 0 unspecified atom stereocenters. The molecule has 124 valence electrons. The zero-order valence-corrected chi connectivity index (χ0v) is 14.2. The first-order valence-corrected chi connectivity index (χ1v) is 8.29. The topological polar surface area (TPSA) is 30.5 Å². The van der Waals surface area contributed by atoms with Crippen LogP contribution in [0.1, 0.15) is 18.1 Å². The van der Waals surface area contributed by atoms with Crippen molar-refractivity contribution in [1.29, 1.82) is 0 Å². The first-order valence-electron chi connectivity index (χ1n) is 8.29. The lowest BCUT2D eigenvalue weighted by Gasteiger charge is -2.14. The van der Waals surface area contributed by atoms with Crippen molar-refractivity contribution in [3.8, 4) is 11.5 Å². The fourth-order valence-electron chi connectivity index (χ4n) is 2.79. The van der Waals surface area contributed by atoms with Gasteiger partial charge in [-0.1, -0.05) is 55.5 Å². The Morgan fingerprint density at radius 3 is 2.58 bits per heavy atom. The minimum absolute atomic E-state index is 0.516. The van der Waals surface area contributed by atoms with Gasteiger partial charge in [0.1, 0.15) is 6.61 Å². The monoisotopic (exact) mass is 321 g/mol. The number of ether oxygens (including phenoxy) is 2. The Labute approximate surface area is 143 Å². The van der Waals surface area contributed by atoms with Crippen LogP contribution < -0.4 is 14.8 Å². The Balaban J connectivity index is 1.82. The number of hydrogen-bond acceptors (Lipinski definition) is 3. The van der Waals surface area contributed by atoms with Gasteiger partial charge in [0.15, 0.2) is 11.5 Å². The Bertz CT molecular complexity index is 809. The largest absolute Gasteiger partial charge is 0.493 e. The summed E-state index contributed by atoms with van der Waals surface area (Å²) < 4.78 is 11.5. The van der Waals surface area contributed by atoms with Crippen LogP contribution in [0.15, 0.2) is 60.7 Å². The van der Waals surface area contributed by atoms with Gasteiger partial charge < -0.3 is 14.8 Å². The van der Waals surface area contributed by atoms with E-state index in [-0.39, 0.29) is 0 Å². The SMILES string of the molecule is CCNCc1ccc(OC)c(OCc2cccc3ccccc23)c1. The summed E-state index contributed by atoms with van der Waals surface area (Å²) in [5, 5.41) is 5.78. The van der Waals surface area contributed by atoms with Gasteiger partial charge in [-0.15, -0.1) is 0 Å². The highest BCUT2D eigenvalue weighted by Crippen LogP contribution is 2.29. The van der Waals surface area contributed by atoms with Gasteiger partial charge in [-0.2, -0.15) is 0 Å². The Morgan fingerprint density at radius 2 is 1.75 bits per heavy atom. The van der Waals surface area contributed by atoms with Crippen LogP contribution >= 0.6 is 0 Å². The van der Waals surface area contributed by atoms with Crippen LogP contribution in [-0.4, -0.2) is 13.7 Å². The van der Waals surface area contributed by atoms with Crippen LogP contribution in [-0.2, 0) is 13.2 Å². The van der Waals surface area contributed by atoms with E-state index < -0.39 is 0 Å². The zero-order chi connectivity index (χ0) is 16.8. The minimum atomic E-state index is 0.516. The smallest absolute Gasteiger partial charge is 0.161 e. The van der Waals surface area contributed by atoms with E-state index in [2.05, 4.69) is 60.8 Å². The van der Waals surface area contributed by atoms with E-state index in [0.29, 0.717) is 6.61 Å². The second-order valence-corrected chi connectivity index (χ2v) is 5.69. The van der Waals surface area contributed by atoms with E-state index >= 15 is 0 Å². The van der Waals surface area contributed by atoms with Gasteiger partial charge in [0, 0.05) is 6.54 Å². The molecule has 3 aromatic rings. The van der Waals surface area contributed by atoms with Crippen molar-refractivity contribution in [2.75, 3.05) is 13.7 Å². The zero-order valence-electron chi connectivity index (χ0n) is 14.2. The van der Waals surface area contributed by atoms with Crippen LogP contribution in [0, 0.1) is 0 Å². The van der Waals surface area contributed by atoms with Crippen LogP contribution in [0.4, 0.5) is 0 Å². The molecule has 24 heavy (non-hydrogen) atoms. The summed E-state index contributed by atoms with van der Waals surface area (Å²) in [5.74, 6) is 1.54. The molecule has 3 aromatic carbocycles. The maximum Gasteiger partial charge on any atom is 0.161 e. The molecule has 3 nitrogen and oxygen atoms in total.